The number of aromatic nitrogens is 1. The maximum absolute atomic E-state index is 13.8. The molecule has 0 bridgehead atoms. The minimum Gasteiger partial charge on any atom is -0.339 e. The predicted octanol–water partition coefficient (Wildman–Crippen LogP) is 3.43. The van der Waals surface area contributed by atoms with Crippen LogP contribution in [0.5, 0.6) is 0 Å². The van der Waals surface area contributed by atoms with Crippen LogP contribution in [-0.4, -0.2) is 4.57 Å². The van der Waals surface area contributed by atoms with E-state index in [9.17, 15) is 8.78 Å². The van der Waals surface area contributed by atoms with Crippen molar-refractivity contribution in [3.05, 3.63) is 71.4 Å². The summed E-state index contributed by atoms with van der Waals surface area (Å²) in [5.41, 5.74) is 7.93. The summed E-state index contributed by atoms with van der Waals surface area (Å²) < 4.78 is 29.0. The third-order valence-corrected chi connectivity index (χ3v) is 3.44. The molecule has 0 amide bonds. The first-order valence-corrected chi connectivity index (χ1v) is 6.40. The van der Waals surface area contributed by atoms with E-state index in [0.29, 0.717) is 12.1 Å². The molecule has 4 heteroatoms. The van der Waals surface area contributed by atoms with E-state index in [1.54, 1.807) is 0 Å². The Morgan fingerprint density at radius 2 is 1.80 bits per heavy atom. The van der Waals surface area contributed by atoms with Gasteiger partial charge in [-0.1, -0.05) is 18.2 Å². The molecule has 3 rings (SSSR count). The van der Waals surface area contributed by atoms with Crippen molar-refractivity contribution in [1.82, 2.24) is 4.57 Å². The van der Waals surface area contributed by atoms with Crippen molar-refractivity contribution < 1.29 is 8.78 Å². The summed E-state index contributed by atoms with van der Waals surface area (Å²) in [5.74, 6) is -0.848. The molecule has 1 aromatic heterocycles. The second-order valence-corrected chi connectivity index (χ2v) is 4.72. The molecule has 1 heterocycles. The highest BCUT2D eigenvalue weighted by Gasteiger charge is 2.10. The van der Waals surface area contributed by atoms with E-state index in [-0.39, 0.29) is 6.54 Å². The standard InChI is InChI=1S/C16H14F2N2/c17-13-5-6-15(18)12(7-13)10-20-14(9-19)8-11-3-1-2-4-16(11)20/h1-8H,9-10,19H2. The molecule has 0 aliphatic rings. The third kappa shape index (κ3) is 2.18. The van der Waals surface area contributed by atoms with Crippen LogP contribution in [0.25, 0.3) is 10.9 Å². The van der Waals surface area contributed by atoms with Crippen molar-refractivity contribution >= 4 is 10.9 Å². The fourth-order valence-corrected chi connectivity index (χ4v) is 2.46. The van der Waals surface area contributed by atoms with Crippen LogP contribution in [0.15, 0.2) is 48.5 Å². The number of benzene rings is 2. The van der Waals surface area contributed by atoms with Crippen LogP contribution in [0.4, 0.5) is 8.78 Å². The topological polar surface area (TPSA) is 30.9 Å². The summed E-state index contributed by atoms with van der Waals surface area (Å²) in [6, 6.07) is 13.3. The van der Waals surface area contributed by atoms with Crippen molar-refractivity contribution in [2.24, 2.45) is 5.73 Å². The van der Waals surface area contributed by atoms with Crippen molar-refractivity contribution in [2.75, 3.05) is 0 Å². The summed E-state index contributed by atoms with van der Waals surface area (Å²) in [6.45, 7) is 0.620. The lowest BCUT2D eigenvalue weighted by molar-refractivity contribution is 0.576. The van der Waals surface area contributed by atoms with Gasteiger partial charge in [-0.05, 0) is 35.7 Å². The van der Waals surface area contributed by atoms with E-state index in [1.807, 2.05) is 34.9 Å². The highest BCUT2D eigenvalue weighted by molar-refractivity contribution is 5.81. The van der Waals surface area contributed by atoms with Gasteiger partial charge >= 0.3 is 0 Å². The van der Waals surface area contributed by atoms with Crippen LogP contribution in [0.3, 0.4) is 0 Å². The smallest absolute Gasteiger partial charge is 0.128 e. The molecule has 0 saturated carbocycles. The Morgan fingerprint density at radius 1 is 1.00 bits per heavy atom. The normalized spacial score (nSPS) is 11.2. The molecule has 2 aromatic carbocycles. The van der Waals surface area contributed by atoms with Crippen LogP contribution >= 0.6 is 0 Å². The van der Waals surface area contributed by atoms with Crippen LogP contribution in [0.1, 0.15) is 11.3 Å². The molecule has 0 saturated heterocycles. The van der Waals surface area contributed by atoms with E-state index in [4.69, 9.17) is 5.73 Å². The monoisotopic (exact) mass is 272 g/mol. The van der Waals surface area contributed by atoms with E-state index >= 15 is 0 Å². The molecule has 2 N–H and O–H groups in total. The second kappa shape index (κ2) is 5.06. The van der Waals surface area contributed by atoms with Gasteiger partial charge in [-0.3, -0.25) is 0 Å². The Balaban J connectivity index is 2.12. The Bertz CT molecular complexity index is 762. The van der Waals surface area contributed by atoms with E-state index in [0.717, 1.165) is 28.7 Å². The van der Waals surface area contributed by atoms with E-state index in [1.165, 1.54) is 6.07 Å². The second-order valence-electron chi connectivity index (χ2n) is 4.72. The van der Waals surface area contributed by atoms with E-state index in [2.05, 4.69) is 0 Å². The van der Waals surface area contributed by atoms with Gasteiger partial charge in [0.05, 0.1) is 6.54 Å². The van der Waals surface area contributed by atoms with Gasteiger partial charge in [0, 0.05) is 23.3 Å². The number of fused-ring (bicyclic) bond motifs is 1. The molecule has 0 aliphatic heterocycles. The number of halogens is 2. The zero-order chi connectivity index (χ0) is 14.1. The summed E-state index contributed by atoms with van der Waals surface area (Å²) >= 11 is 0. The summed E-state index contributed by atoms with van der Waals surface area (Å²) in [7, 11) is 0. The first-order valence-electron chi connectivity index (χ1n) is 6.40. The quantitative estimate of drug-likeness (QED) is 0.778. The van der Waals surface area contributed by atoms with Crippen LogP contribution < -0.4 is 5.73 Å². The fraction of sp³-hybridized carbons (Fsp3) is 0.125. The van der Waals surface area contributed by atoms with Gasteiger partial charge in [0.2, 0.25) is 0 Å². The van der Waals surface area contributed by atoms with Gasteiger partial charge in [0.15, 0.2) is 0 Å². The highest BCUT2D eigenvalue weighted by atomic mass is 19.1. The summed E-state index contributed by atoms with van der Waals surface area (Å²) in [6.07, 6.45) is 0. The predicted molar refractivity (Wildman–Crippen MR) is 75.3 cm³/mol. The van der Waals surface area contributed by atoms with E-state index < -0.39 is 11.6 Å². The minimum atomic E-state index is -0.438. The maximum Gasteiger partial charge on any atom is 0.128 e. The molecule has 20 heavy (non-hydrogen) atoms. The highest BCUT2D eigenvalue weighted by Crippen LogP contribution is 2.22. The number of para-hydroxylation sites is 1. The number of hydrogen-bond acceptors (Lipinski definition) is 1. The van der Waals surface area contributed by atoms with Crippen LogP contribution in [-0.2, 0) is 13.1 Å². The molecule has 0 radical (unpaired) electrons. The molecule has 102 valence electrons. The van der Waals surface area contributed by atoms with Crippen LogP contribution in [0.2, 0.25) is 0 Å². The van der Waals surface area contributed by atoms with Gasteiger partial charge in [-0.15, -0.1) is 0 Å². The van der Waals surface area contributed by atoms with Gasteiger partial charge < -0.3 is 10.3 Å². The van der Waals surface area contributed by atoms with Gasteiger partial charge in [0.1, 0.15) is 11.6 Å². The fourth-order valence-electron chi connectivity index (χ4n) is 2.46. The summed E-state index contributed by atoms with van der Waals surface area (Å²) in [5, 5.41) is 1.05. The molecule has 0 unspecified atom stereocenters. The average molecular weight is 272 g/mol. The number of nitrogens with two attached hydrogens (primary N) is 1. The Labute approximate surface area is 115 Å². The average Bonchev–Trinajstić information content (AvgIpc) is 2.81. The first-order chi connectivity index (χ1) is 9.69. The van der Waals surface area contributed by atoms with Crippen molar-refractivity contribution in [3.63, 3.8) is 0 Å². The zero-order valence-corrected chi connectivity index (χ0v) is 10.8. The number of rotatable bonds is 3. The molecule has 2 nitrogen and oxygen atoms in total. The SMILES string of the molecule is NCc1cc2ccccc2n1Cc1cc(F)ccc1F. The van der Waals surface area contributed by atoms with Gasteiger partial charge in [-0.2, -0.15) is 0 Å². The number of nitrogens with zero attached hydrogens (tertiary/aromatic N) is 1. The first kappa shape index (κ1) is 12.8. The van der Waals surface area contributed by atoms with Crippen LogP contribution in [0, 0.1) is 11.6 Å². The molecule has 0 spiro atoms. The van der Waals surface area contributed by atoms with Gasteiger partial charge in [-0.25, -0.2) is 8.78 Å². The van der Waals surface area contributed by atoms with Crippen molar-refractivity contribution in [3.8, 4) is 0 Å². The zero-order valence-electron chi connectivity index (χ0n) is 10.8. The lowest BCUT2D eigenvalue weighted by Crippen LogP contribution is -2.09. The lowest BCUT2D eigenvalue weighted by atomic mass is 10.2. The molecule has 3 aromatic rings. The Kier molecular flexibility index (Phi) is 3.24. The third-order valence-electron chi connectivity index (χ3n) is 3.44. The molecule has 0 aliphatic carbocycles. The lowest BCUT2D eigenvalue weighted by Gasteiger charge is -2.10. The molecule has 0 fully saturated rings. The van der Waals surface area contributed by atoms with Gasteiger partial charge in [0.25, 0.3) is 0 Å². The van der Waals surface area contributed by atoms with Crippen molar-refractivity contribution in [2.45, 2.75) is 13.1 Å². The number of hydrogen-bond donors (Lipinski definition) is 1. The summed E-state index contributed by atoms with van der Waals surface area (Å²) in [4.78, 5) is 0. The molecular weight excluding hydrogens is 258 g/mol. The minimum absolute atomic E-state index is 0.268. The maximum atomic E-state index is 13.8. The Hall–Kier alpha value is -2.20. The van der Waals surface area contributed by atoms with Crippen molar-refractivity contribution in [1.29, 1.82) is 0 Å². The largest absolute Gasteiger partial charge is 0.339 e. The molecule has 0 atom stereocenters. The Morgan fingerprint density at radius 3 is 2.60 bits per heavy atom. The molecular formula is C16H14F2N2.